The number of halogens is 3. The van der Waals surface area contributed by atoms with Crippen LogP contribution in [0.5, 0.6) is 5.75 Å². The molecule has 0 unspecified atom stereocenters. The van der Waals surface area contributed by atoms with Crippen LogP contribution in [0.1, 0.15) is 10.4 Å². The number of likely N-dealkylation sites (N-methyl/N-ethyl adjacent to an activating group) is 1. The zero-order chi connectivity index (χ0) is 31.4. The molecule has 1 fully saturated rings. The lowest BCUT2D eigenvalue weighted by molar-refractivity contribution is -0.112. The van der Waals surface area contributed by atoms with Crippen LogP contribution >= 0.6 is 22.9 Å². The fraction of sp³-hybridized carbons (Fsp3) is 0.226. The quantitative estimate of drug-likeness (QED) is 0.305. The summed E-state index contributed by atoms with van der Waals surface area (Å²) in [6.45, 7) is 3.60. The Morgan fingerprint density at radius 3 is 2.50 bits per heavy atom. The predicted octanol–water partition coefficient (Wildman–Crippen LogP) is 5.99. The van der Waals surface area contributed by atoms with Crippen molar-refractivity contribution >= 4 is 46.0 Å². The van der Waals surface area contributed by atoms with E-state index in [1.165, 1.54) is 24.3 Å². The van der Waals surface area contributed by atoms with Crippen LogP contribution in [0, 0.1) is 0 Å². The molecule has 0 radical (unpaired) electrons. The maximum atomic E-state index is 13.5. The van der Waals surface area contributed by atoms with Gasteiger partial charge in [-0.05, 0) is 43.5 Å². The van der Waals surface area contributed by atoms with Crippen molar-refractivity contribution in [3.05, 3.63) is 89.4 Å². The van der Waals surface area contributed by atoms with E-state index in [4.69, 9.17) is 21.3 Å². The first kappa shape index (κ1) is 31.0. The molecule has 1 aromatic heterocycles. The Kier molecular flexibility index (Phi) is 9.52. The van der Waals surface area contributed by atoms with Crippen molar-refractivity contribution in [3.63, 3.8) is 0 Å². The van der Waals surface area contributed by atoms with Gasteiger partial charge >= 0.3 is 6.61 Å². The van der Waals surface area contributed by atoms with Crippen LogP contribution in [0.3, 0.4) is 0 Å². The molecule has 0 spiro atoms. The van der Waals surface area contributed by atoms with E-state index in [0.29, 0.717) is 35.0 Å². The van der Waals surface area contributed by atoms with Gasteiger partial charge in [-0.3, -0.25) is 9.59 Å². The third kappa shape index (κ3) is 6.88. The van der Waals surface area contributed by atoms with Crippen LogP contribution in [-0.4, -0.2) is 84.6 Å². The van der Waals surface area contributed by atoms with Crippen LogP contribution in [0.25, 0.3) is 21.8 Å². The molecule has 3 aromatic rings. The molecule has 0 aliphatic carbocycles. The van der Waals surface area contributed by atoms with Crippen molar-refractivity contribution in [1.29, 1.82) is 0 Å². The highest BCUT2D eigenvalue weighted by Gasteiger charge is 2.25. The van der Waals surface area contributed by atoms with Crippen molar-refractivity contribution < 1.29 is 23.1 Å². The molecule has 3 heterocycles. The molecule has 0 saturated carbocycles. The molecule has 0 atom stereocenters. The molecule has 9 nitrogen and oxygen atoms in total. The van der Waals surface area contributed by atoms with E-state index in [0.717, 1.165) is 24.4 Å². The van der Waals surface area contributed by atoms with Gasteiger partial charge < -0.3 is 24.8 Å². The summed E-state index contributed by atoms with van der Waals surface area (Å²) in [6.07, 6.45) is 6.41. The third-order valence-corrected chi connectivity index (χ3v) is 8.31. The molecular weight excluding hydrogens is 610 g/mol. The minimum Gasteiger partial charge on any atom is -0.434 e. The van der Waals surface area contributed by atoms with Crippen LogP contribution < -0.4 is 10.1 Å². The van der Waals surface area contributed by atoms with E-state index < -0.39 is 12.5 Å². The number of anilines is 1. The number of carbonyl (C=O) groups excluding carboxylic acids is 2. The normalized spacial score (nSPS) is 16.3. The fourth-order valence-electron chi connectivity index (χ4n) is 4.70. The Morgan fingerprint density at radius 1 is 1.11 bits per heavy atom. The molecule has 13 heteroatoms. The van der Waals surface area contributed by atoms with E-state index in [-0.39, 0.29) is 38.5 Å². The lowest BCUT2D eigenvalue weighted by atomic mass is 10.1. The standard InChI is InChI=1S/C31H29ClF2N6O3S/c1-4-22(26-35-12-5-13-39(26)3)27(41)37-29-25(23-18-21(32)10-11-24(23)43-31(33)34)36-28(44-29)19-6-8-20(9-7-19)30(42)40-16-14-38(2)15-17-40/h4-13,18,31H,1,14-17H2,2-3H3,(H,37,41)/b26-22+. The number of thiazole rings is 1. The van der Waals surface area contributed by atoms with E-state index >= 15 is 0 Å². The first-order valence-corrected chi connectivity index (χ1v) is 14.8. The molecule has 2 amide bonds. The Labute approximate surface area is 262 Å². The van der Waals surface area contributed by atoms with Crippen LogP contribution in [-0.2, 0) is 4.79 Å². The van der Waals surface area contributed by atoms with Gasteiger partial charge in [0, 0.05) is 67.4 Å². The molecule has 1 N–H and O–H groups in total. The van der Waals surface area contributed by atoms with Gasteiger partial charge in [-0.15, -0.1) is 0 Å². The molecule has 2 aliphatic rings. The number of piperazine rings is 1. The number of ether oxygens (including phenoxy) is 1. The number of benzene rings is 2. The smallest absolute Gasteiger partial charge is 0.387 e. The monoisotopic (exact) mass is 638 g/mol. The van der Waals surface area contributed by atoms with Gasteiger partial charge in [0.2, 0.25) is 0 Å². The molecule has 1 saturated heterocycles. The van der Waals surface area contributed by atoms with Gasteiger partial charge in [0.25, 0.3) is 11.8 Å². The minimum absolute atomic E-state index is 0.0553. The number of nitrogens with one attached hydrogen (secondary N) is 1. The van der Waals surface area contributed by atoms with E-state index in [1.807, 2.05) is 11.9 Å². The largest absolute Gasteiger partial charge is 0.434 e. The summed E-state index contributed by atoms with van der Waals surface area (Å²) >= 11 is 7.39. The number of amides is 2. The maximum Gasteiger partial charge on any atom is 0.387 e. The lowest BCUT2D eigenvalue weighted by Crippen LogP contribution is -2.47. The van der Waals surface area contributed by atoms with Gasteiger partial charge in [-0.1, -0.05) is 47.7 Å². The summed E-state index contributed by atoms with van der Waals surface area (Å²) in [4.78, 5) is 41.3. The number of allylic oxidation sites excluding steroid dienone is 1. The third-order valence-electron chi connectivity index (χ3n) is 7.05. The van der Waals surface area contributed by atoms with Crippen molar-refractivity contribution in [2.45, 2.75) is 6.61 Å². The van der Waals surface area contributed by atoms with E-state index in [2.05, 4.69) is 21.8 Å². The molecular formula is C31H29ClF2N6O3S. The van der Waals surface area contributed by atoms with Crippen molar-refractivity contribution in [2.24, 2.45) is 4.99 Å². The van der Waals surface area contributed by atoms with Gasteiger partial charge in [-0.2, -0.15) is 8.78 Å². The Bertz CT molecular complexity index is 1660. The number of alkyl halides is 2. The van der Waals surface area contributed by atoms with E-state index in [1.54, 1.807) is 54.7 Å². The number of hydrogen-bond donors (Lipinski definition) is 1. The number of nitrogens with zero attached hydrogens (tertiary/aromatic N) is 5. The molecule has 5 rings (SSSR count). The lowest BCUT2D eigenvalue weighted by Gasteiger charge is -2.32. The summed E-state index contributed by atoms with van der Waals surface area (Å²) in [5.74, 6) is -0.372. The van der Waals surface area contributed by atoms with Crippen LogP contribution in [0.15, 0.2) is 83.8 Å². The summed E-state index contributed by atoms with van der Waals surface area (Å²) < 4.78 is 31.4. The average Bonchev–Trinajstić information content (AvgIpc) is 3.42. The van der Waals surface area contributed by atoms with Crippen LogP contribution in [0.2, 0.25) is 5.02 Å². The van der Waals surface area contributed by atoms with Gasteiger partial charge in [-0.25, -0.2) is 9.98 Å². The number of aliphatic imine (C=N–C) groups is 1. The molecule has 2 aliphatic heterocycles. The summed E-state index contributed by atoms with van der Waals surface area (Å²) in [7, 11) is 3.77. The fourth-order valence-corrected chi connectivity index (χ4v) is 5.86. The maximum absolute atomic E-state index is 13.5. The Hall–Kier alpha value is -4.39. The van der Waals surface area contributed by atoms with Gasteiger partial charge in [0.1, 0.15) is 27.3 Å². The summed E-state index contributed by atoms with van der Waals surface area (Å²) in [5, 5.41) is 3.86. The number of carbonyl (C=O) groups is 2. The topological polar surface area (TPSA) is 90.4 Å². The first-order valence-electron chi connectivity index (χ1n) is 13.6. The zero-order valence-electron chi connectivity index (χ0n) is 24.0. The van der Waals surface area contributed by atoms with Gasteiger partial charge in [0.05, 0.1) is 5.57 Å². The van der Waals surface area contributed by atoms with Gasteiger partial charge in [0.15, 0.2) is 0 Å². The summed E-state index contributed by atoms with van der Waals surface area (Å²) in [5.41, 5.74) is 1.74. The highest BCUT2D eigenvalue weighted by Crippen LogP contribution is 2.43. The average molecular weight is 639 g/mol. The second-order valence-electron chi connectivity index (χ2n) is 10.0. The highest BCUT2D eigenvalue weighted by atomic mass is 35.5. The molecule has 0 bridgehead atoms. The van der Waals surface area contributed by atoms with Crippen molar-refractivity contribution in [1.82, 2.24) is 19.7 Å². The second kappa shape index (κ2) is 13.5. The number of hydrogen-bond acceptors (Lipinski definition) is 8. The summed E-state index contributed by atoms with van der Waals surface area (Å²) in [6, 6.07) is 11.2. The highest BCUT2D eigenvalue weighted by molar-refractivity contribution is 7.19. The Balaban J connectivity index is 1.52. The molecule has 228 valence electrons. The second-order valence-corrected chi connectivity index (χ2v) is 11.5. The minimum atomic E-state index is -3.10. The van der Waals surface area contributed by atoms with Crippen molar-refractivity contribution in [2.75, 3.05) is 45.6 Å². The number of rotatable bonds is 8. The molecule has 2 aromatic carbocycles. The first-order chi connectivity index (χ1) is 21.1. The Morgan fingerprint density at radius 2 is 1.84 bits per heavy atom. The van der Waals surface area contributed by atoms with Crippen molar-refractivity contribution in [3.8, 4) is 27.6 Å². The molecule has 44 heavy (non-hydrogen) atoms. The van der Waals surface area contributed by atoms with Crippen LogP contribution in [0.4, 0.5) is 13.8 Å². The van der Waals surface area contributed by atoms with E-state index in [9.17, 15) is 18.4 Å². The number of aromatic nitrogens is 1. The zero-order valence-corrected chi connectivity index (χ0v) is 25.5. The SMILES string of the molecule is C=C/C(C(=O)Nc1sc(-c2ccc(C(=O)N3CCN(C)CC3)cc2)nc1-c1cc(Cl)ccc1OC(F)F)=C1/N=CC=CN1C. The predicted molar refractivity (Wildman–Crippen MR) is 169 cm³/mol.